The van der Waals surface area contributed by atoms with Crippen LogP contribution in [0.3, 0.4) is 0 Å². The van der Waals surface area contributed by atoms with Crippen LogP contribution in [0.2, 0.25) is 0 Å². The largest absolute Gasteiger partial charge is 0.489 e. The molecule has 0 unspecified atom stereocenters. The third-order valence-corrected chi connectivity index (χ3v) is 2.96. The van der Waals surface area contributed by atoms with Gasteiger partial charge in [-0.15, -0.1) is 0 Å². The molecule has 0 saturated carbocycles. The van der Waals surface area contributed by atoms with Crippen LogP contribution in [0.1, 0.15) is 36.7 Å². The molecule has 18 heavy (non-hydrogen) atoms. The van der Waals surface area contributed by atoms with Crippen molar-refractivity contribution in [2.45, 2.75) is 32.9 Å². The lowest BCUT2D eigenvalue weighted by Crippen LogP contribution is -2.02. The quantitative estimate of drug-likeness (QED) is 0.877. The van der Waals surface area contributed by atoms with Crippen LogP contribution in [0, 0.1) is 0 Å². The first-order chi connectivity index (χ1) is 8.70. The molecule has 0 amide bonds. The maximum atomic E-state index is 5.71. The van der Waals surface area contributed by atoms with Crippen molar-refractivity contribution >= 4 is 0 Å². The van der Waals surface area contributed by atoms with E-state index in [0.717, 1.165) is 17.1 Å². The second-order valence-corrected chi connectivity index (χ2v) is 4.59. The monoisotopic (exact) mass is 245 g/mol. The third-order valence-electron chi connectivity index (χ3n) is 2.96. The van der Waals surface area contributed by atoms with Gasteiger partial charge >= 0.3 is 0 Å². The lowest BCUT2D eigenvalue weighted by atomic mass is 10.0. The molecule has 2 rings (SSSR count). The van der Waals surface area contributed by atoms with Crippen LogP contribution in [-0.4, -0.2) is 0 Å². The third kappa shape index (κ3) is 2.93. The molecule has 0 fully saturated rings. The van der Waals surface area contributed by atoms with Gasteiger partial charge in [-0.3, -0.25) is 0 Å². The molecule has 0 radical (unpaired) electrons. The summed E-state index contributed by atoms with van der Waals surface area (Å²) < 4.78 is 11.0. The fraction of sp³-hybridized carbons (Fsp3) is 0.333. The maximum Gasteiger partial charge on any atom is 0.123 e. The number of hydrogen-bond acceptors (Lipinski definition) is 3. The molecular weight excluding hydrogens is 226 g/mol. The topological polar surface area (TPSA) is 48.4 Å². The molecule has 1 aromatic heterocycles. The van der Waals surface area contributed by atoms with E-state index >= 15 is 0 Å². The van der Waals surface area contributed by atoms with Gasteiger partial charge in [0.05, 0.1) is 12.8 Å². The molecule has 2 N–H and O–H groups in total. The summed E-state index contributed by atoms with van der Waals surface area (Å²) in [6.45, 7) is 5.24. The summed E-state index contributed by atoms with van der Waals surface area (Å²) in [5.41, 5.74) is 7.89. The van der Waals surface area contributed by atoms with Gasteiger partial charge in [0.15, 0.2) is 0 Å². The van der Waals surface area contributed by atoms with Gasteiger partial charge in [0.25, 0.3) is 0 Å². The first kappa shape index (κ1) is 12.7. The summed E-state index contributed by atoms with van der Waals surface area (Å²) >= 11 is 0. The molecule has 0 aliphatic heterocycles. The van der Waals surface area contributed by atoms with Crippen molar-refractivity contribution in [3.8, 4) is 5.75 Å². The average Bonchev–Trinajstić information content (AvgIpc) is 2.84. The van der Waals surface area contributed by atoms with E-state index in [2.05, 4.69) is 26.0 Å². The van der Waals surface area contributed by atoms with E-state index < -0.39 is 0 Å². The Morgan fingerprint density at radius 1 is 1.17 bits per heavy atom. The predicted octanol–water partition coefficient (Wildman–Crippen LogP) is 3.44. The molecule has 1 aromatic carbocycles. The van der Waals surface area contributed by atoms with E-state index in [9.17, 15) is 0 Å². The van der Waals surface area contributed by atoms with Crippen LogP contribution >= 0.6 is 0 Å². The highest BCUT2D eigenvalue weighted by Gasteiger charge is 2.05. The number of hydrogen-bond donors (Lipinski definition) is 1. The van der Waals surface area contributed by atoms with Gasteiger partial charge in [-0.1, -0.05) is 26.0 Å². The van der Waals surface area contributed by atoms with Gasteiger partial charge in [0.2, 0.25) is 0 Å². The maximum absolute atomic E-state index is 5.71. The summed E-state index contributed by atoms with van der Waals surface area (Å²) in [4.78, 5) is 0. The van der Waals surface area contributed by atoms with Gasteiger partial charge in [0, 0.05) is 5.56 Å². The second-order valence-electron chi connectivity index (χ2n) is 4.59. The smallest absolute Gasteiger partial charge is 0.123 e. The standard InChI is InChI=1S/C15H19NO2/c1-11(2)12-3-5-14(6-4-12)18-10-13-7-8-17-15(13)9-16/h3-8,11H,9-10,16H2,1-2H3. The Labute approximate surface area is 108 Å². The highest BCUT2D eigenvalue weighted by atomic mass is 16.5. The molecule has 0 spiro atoms. The van der Waals surface area contributed by atoms with E-state index in [0.29, 0.717) is 19.1 Å². The minimum atomic E-state index is 0.401. The summed E-state index contributed by atoms with van der Waals surface area (Å²) in [6.07, 6.45) is 1.64. The predicted molar refractivity (Wildman–Crippen MR) is 71.5 cm³/mol. The van der Waals surface area contributed by atoms with Crippen LogP contribution in [0.4, 0.5) is 0 Å². The Morgan fingerprint density at radius 2 is 1.89 bits per heavy atom. The molecule has 0 bridgehead atoms. The Kier molecular flexibility index (Phi) is 4.05. The molecule has 96 valence electrons. The SMILES string of the molecule is CC(C)c1ccc(OCc2ccoc2CN)cc1. The van der Waals surface area contributed by atoms with Crippen molar-refractivity contribution < 1.29 is 9.15 Å². The zero-order valence-electron chi connectivity index (χ0n) is 10.8. The van der Waals surface area contributed by atoms with E-state index in [-0.39, 0.29) is 0 Å². The average molecular weight is 245 g/mol. The Balaban J connectivity index is 1.98. The molecule has 0 aliphatic rings. The van der Waals surface area contributed by atoms with E-state index in [4.69, 9.17) is 14.9 Å². The Morgan fingerprint density at radius 3 is 2.50 bits per heavy atom. The molecule has 2 aromatic rings. The molecule has 1 heterocycles. The second kappa shape index (κ2) is 5.74. The van der Waals surface area contributed by atoms with Gasteiger partial charge < -0.3 is 14.9 Å². The fourth-order valence-electron chi connectivity index (χ4n) is 1.78. The summed E-state index contributed by atoms with van der Waals surface area (Å²) in [5.74, 6) is 2.19. The van der Waals surface area contributed by atoms with Crippen molar-refractivity contribution in [3.63, 3.8) is 0 Å². The van der Waals surface area contributed by atoms with Gasteiger partial charge in [-0.25, -0.2) is 0 Å². The van der Waals surface area contributed by atoms with Gasteiger partial charge in [0.1, 0.15) is 18.1 Å². The Hall–Kier alpha value is -1.74. The Bertz CT molecular complexity index is 485. The number of benzene rings is 1. The first-order valence-electron chi connectivity index (χ1n) is 6.18. The van der Waals surface area contributed by atoms with Crippen molar-refractivity contribution in [3.05, 3.63) is 53.5 Å². The first-order valence-corrected chi connectivity index (χ1v) is 6.18. The van der Waals surface area contributed by atoms with Gasteiger partial charge in [-0.05, 0) is 29.7 Å². The van der Waals surface area contributed by atoms with Crippen LogP contribution in [0.5, 0.6) is 5.75 Å². The van der Waals surface area contributed by atoms with Crippen molar-refractivity contribution in [1.82, 2.24) is 0 Å². The van der Waals surface area contributed by atoms with Crippen LogP contribution in [-0.2, 0) is 13.2 Å². The number of ether oxygens (including phenoxy) is 1. The minimum absolute atomic E-state index is 0.401. The molecule has 0 aliphatic carbocycles. The van der Waals surface area contributed by atoms with Crippen LogP contribution < -0.4 is 10.5 Å². The highest BCUT2D eigenvalue weighted by Crippen LogP contribution is 2.20. The zero-order valence-corrected chi connectivity index (χ0v) is 10.8. The number of nitrogens with two attached hydrogens (primary N) is 1. The van der Waals surface area contributed by atoms with E-state index in [1.807, 2.05) is 18.2 Å². The van der Waals surface area contributed by atoms with Crippen LogP contribution in [0.25, 0.3) is 0 Å². The lowest BCUT2D eigenvalue weighted by molar-refractivity contribution is 0.302. The molecular formula is C15H19NO2. The van der Waals surface area contributed by atoms with Crippen molar-refractivity contribution in [1.29, 1.82) is 0 Å². The minimum Gasteiger partial charge on any atom is -0.489 e. The number of rotatable bonds is 5. The fourth-order valence-corrected chi connectivity index (χ4v) is 1.78. The van der Waals surface area contributed by atoms with Gasteiger partial charge in [-0.2, -0.15) is 0 Å². The normalized spacial score (nSPS) is 10.9. The molecule has 0 saturated heterocycles. The molecule has 3 heteroatoms. The summed E-state index contributed by atoms with van der Waals surface area (Å²) in [7, 11) is 0. The van der Waals surface area contributed by atoms with E-state index in [1.165, 1.54) is 5.56 Å². The summed E-state index contributed by atoms with van der Waals surface area (Å²) in [6, 6.07) is 10.1. The molecule has 3 nitrogen and oxygen atoms in total. The van der Waals surface area contributed by atoms with E-state index in [1.54, 1.807) is 6.26 Å². The summed E-state index contributed by atoms with van der Waals surface area (Å²) in [5, 5.41) is 0. The zero-order chi connectivity index (χ0) is 13.0. The van der Waals surface area contributed by atoms with Crippen molar-refractivity contribution in [2.75, 3.05) is 0 Å². The lowest BCUT2D eigenvalue weighted by Gasteiger charge is -2.08. The van der Waals surface area contributed by atoms with Crippen molar-refractivity contribution in [2.24, 2.45) is 5.73 Å². The number of furan rings is 1. The highest BCUT2D eigenvalue weighted by molar-refractivity contribution is 5.29. The van der Waals surface area contributed by atoms with Crippen LogP contribution in [0.15, 0.2) is 41.0 Å². The molecule has 0 atom stereocenters.